The number of nitrogens with two attached hydrogens (primary N) is 1. The van der Waals surface area contributed by atoms with E-state index in [1.165, 1.54) is 0 Å². The maximum atomic E-state index is 12.3. The van der Waals surface area contributed by atoms with E-state index in [0.717, 1.165) is 4.90 Å². The maximum absolute atomic E-state index is 12.3. The zero-order chi connectivity index (χ0) is 12.1. The minimum Gasteiger partial charge on any atom is -0.368 e. The Morgan fingerprint density at radius 3 is 2.38 bits per heavy atom. The van der Waals surface area contributed by atoms with Crippen molar-refractivity contribution in [2.24, 2.45) is 5.73 Å². The number of alkyl halides is 2. The summed E-state index contributed by atoms with van der Waals surface area (Å²) in [6.45, 7) is 0.862. The highest BCUT2D eigenvalue weighted by Crippen LogP contribution is 2.14. The van der Waals surface area contributed by atoms with E-state index in [0.29, 0.717) is 25.9 Å². The van der Waals surface area contributed by atoms with Gasteiger partial charge in [-0.05, 0) is 25.9 Å². The quantitative estimate of drug-likeness (QED) is 0.677. The van der Waals surface area contributed by atoms with Crippen LogP contribution in [0.5, 0.6) is 0 Å². The second-order valence-corrected chi connectivity index (χ2v) is 3.71. The summed E-state index contributed by atoms with van der Waals surface area (Å²) in [7, 11) is 0. The topological polar surface area (TPSA) is 75.4 Å². The van der Waals surface area contributed by atoms with Gasteiger partial charge in [-0.3, -0.25) is 9.59 Å². The number of rotatable bonds is 4. The number of primary amides is 1. The van der Waals surface area contributed by atoms with Crippen LogP contribution in [0.2, 0.25) is 0 Å². The van der Waals surface area contributed by atoms with Crippen molar-refractivity contribution in [1.82, 2.24) is 10.2 Å². The molecule has 0 aromatic carbocycles. The molecule has 0 atom stereocenters. The predicted octanol–water partition coefficient (Wildman–Crippen LogP) is -0.683. The lowest BCUT2D eigenvalue weighted by atomic mass is 10.0. The van der Waals surface area contributed by atoms with Crippen LogP contribution in [0.25, 0.3) is 0 Å². The Balaban J connectivity index is 2.68. The summed E-state index contributed by atoms with van der Waals surface area (Å²) >= 11 is 0. The average molecular weight is 235 g/mol. The summed E-state index contributed by atoms with van der Waals surface area (Å²) in [6.07, 6.45) is -1.97. The van der Waals surface area contributed by atoms with Crippen molar-refractivity contribution in [2.45, 2.75) is 25.3 Å². The normalized spacial score (nSPS) is 17.4. The van der Waals surface area contributed by atoms with Gasteiger partial charge in [0, 0.05) is 6.04 Å². The number of carbonyl (C=O) groups is 2. The van der Waals surface area contributed by atoms with E-state index in [9.17, 15) is 18.4 Å². The van der Waals surface area contributed by atoms with Crippen LogP contribution >= 0.6 is 0 Å². The predicted molar refractivity (Wildman–Crippen MR) is 52.8 cm³/mol. The third kappa shape index (κ3) is 3.41. The van der Waals surface area contributed by atoms with E-state index in [1.54, 1.807) is 0 Å². The SMILES string of the molecule is NC(=O)CN(C(=O)C(F)F)C1CCNCC1. The van der Waals surface area contributed by atoms with Gasteiger partial charge in [-0.2, -0.15) is 8.78 Å². The molecule has 1 aliphatic heterocycles. The summed E-state index contributed by atoms with van der Waals surface area (Å²) in [6, 6.07) is -0.324. The Labute approximate surface area is 92.0 Å². The molecule has 3 N–H and O–H groups in total. The number of hydrogen-bond donors (Lipinski definition) is 2. The fourth-order valence-electron chi connectivity index (χ4n) is 1.80. The summed E-state index contributed by atoms with van der Waals surface area (Å²) in [5.74, 6) is -2.08. The van der Waals surface area contributed by atoms with Crippen LogP contribution < -0.4 is 11.1 Å². The lowest BCUT2D eigenvalue weighted by Gasteiger charge is -2.33. The molecular formula is C9H15F2N3O2. The molecule has 1 fully saturated rings. The highest BCUT2D eigenvalue weighted by Gasteiger charge is 2.31. The Morgan fingerprint density at radius 2 is 1.94 bits per heavy atom. The van der Waals surface area contributed by atoms with Gasteiger partial charge >= 0.3 is 6.43 Å². The van der Waals surface area contributed by atoms with Crippen molar-refractivity contribution in [3.63, 3.8) is 0 Å². The Hall–Kier alpha value is -1.24. The molecule has 92 valence electrons. The summed E-state index contributed by atoms with van der Waals surface area (Å²) in [4.78, 5) is 22.9. The molecule has 0 aromatic heterocycles. The Kier molecular flexibility index (Phi) is 4.60. The number of carbonyl (C=O) groups excluding carboxylic acids is 2. The minimum atomic E-state index is -3.09. The zero-order valence-corrected chi connectivity index (χ0v) is 8.79. The van der Waals surface area contributed by atoms with Crippen molar-refractivity contribution >= 4 is 11.8 Å². The first-order valence-corrected chi connectivity index (χ1v) is 5.10. The van der Waals surface area contributed by atoms with Gasteiger partial charge in [0.2, 0.25) is 5.91 Å². The van der Waals surface area contributed by atoms with Gasteiger partial charge in [0.25, 0.3) is 5.91 Å². The molecule has 0 aromatic rings. The number of piperidine rings is 1. The van der Waals surface area contributed by atoms with E-state index >= 15 is 0 Å². The first kappa shape index (κ1) is 12.8. The van der Waals surface area contributed by atoms with E-state index < -0.39 is 24.8 Å². The van der Waals surface area contributed by atoms with E-state index in [4.69, 9.17) is 5.73 Å². The summed E-state index contributed by atoms with van der Waals surface area (Å²) in [5, 5.41) is 3.05. The van der Waals surface area contributed by atoms with Gasteiger partial charge in [0.15, 0.2) is 0 Å². The number of amides is 2. The molecular weight excluding hydrogens is 220 g/mol. The van der Waals surface area contributed by atoms with Gasteiger partial charge < -0.3 is 16.0 Å². The first-order valence-electron chi connectivity index (χ1n) is 5.10. The molecule has 1 saturated heterocycles. The molecule has 1 heterocycles. The second-order valence-electron chi connectivity index (χ2n) is 3.71. The van der Waals surface area contributed by atoms with Crippen molar-refractivity contribution in [3.05, 3.63) is 0 Å². The molecule has 7 heteroatoms. The van der Waals surface area contributed by atoms with Crippen LogP contribution in [-0.4, -0.2) is 48.8 Å². The van der Waals surface area contributed by atoms with E-state index in [1.807, 2.05) is 0 Å². The highest BCUT2D eigenvalue weighted by molar-refractivity contribution is 5.85. The standard InChI is InChI=1S/C9H15F2N3O2/c10-8(11)9(16)14(5-7(12)15)6-1-3-13-4-2-6/h6,8,13H,1-5H2,(H2,12,15). The van der Waals surface area contributed by atoms with Gasteiger partial charge in [0.1, 0.15) is 0 Å². The molecule has 0 bridgehead atoms. The van der Waals surface area contributed by atoms with Crippen LogP contribution in [-0.2, 0) is 9.59 Å². The van der Waals surface area contributed by atoms with Crippen LogP contribution in [0.4, 0.5) is 8.78 Å². The number of hydrogen-bond acceptors (Lipinski definition) is 3. The highest BCUT2D eigenvalue weighted by atomic mass is 19.3. The lowest BCUT2D eigenvalue weighted by Crippen LogP contribution is -2.51. The molecule has 0 radical (unpaired) electrons. The number of halogens is 2. The molecule has 5 nitrogen and oxygen atoms in total. The van der Waals surface area contributed by atoms with Crippen LogP contribution in [0.3, 0.4) is 0 Å². The fraction of sp³-hybridized carbons (Fsp3) is 0.778. The number of nitrogens with one attached hydrogen (secondary N) is 1. The van der Waals surface area contributed by atoms with Gasteiger partial charge in [0.05, 0.1) is 6.54 Å². The smallest absolute Gasteiger partial charge is 0.315 e. The monoisotopic (exact) mass is 235 g/mol. The minimum absolute atomic E-state index is 0.324. The molecule has 1 rings (SSSR count). The third-order valence-corrected chi connectivity index (χ3v) is 2.55. The first-order chi connectivity index (χ1) is 7.52. The maximum Gasteiger partial charge on any atom is 0.315 e. The molecule has 1 aliphatic rings. The Bertz CT molecular complexity index is 267. The third-order valence-electron chi connectivity index (χ3n) is 2.55. The fourth-order valence-corrected chi connectivity index (χ4v) is 1.80. The lowest BCUT2D eigenvalue weighted by molar-refractivity contribution is -0.148. The van der Waals surface area contributed by atoms with Crippen LogP contribution in [0, 0.1) is 0 Å². The van der Waals surface area contributed by atoms with Crippen LogP contribution in [0.15, 0.2) is 0 Å². The van der Waals surface area contributed by atoms with Gasteiger partial charge in [-0.25, -0.2) is 0 Å². The molecule has 16 heavy (non-hydrogen) atoms. The molecule has 0 aliphatic carbocycles. The Morgan fingerprint density at radius 1 is 1.38 bits per heavy atom. The summed E-state index contributed by atoms with van der Waals surface area (Å²) < 4.78 is 24.6. The largest absolute Gasteiger partial charge is 0.368 e. The molecule has 2 amide bonds. The van der Waals surface area contributed by atoms with Crippen molar-refractivity contribution in [2.75, 3.05) is 19.6 Å². The molecule has 0 unspecified atom stereocenters. The number of nitrogens with zero attached hydrogens (tertiary/aromatic N) is 1. The zero-order valence-electron chi connectivity index (χ0n) is 8.79. The average Bonchev–Trinajstić information content (AvgIpc) is 2.26. The molecule has 0 spiro atoms. The van der Waals surface area contributed by atoms with Gasteiger partial charge in [-0.15, -0.1) is 0 Å². The second kappa shape index (κ2) is 5.74. The van der Waals surface area contributed by atoms with Crippen LogP contribution in [0.1, 0.15) is 12.8 Å². The van der Waals surface area contributed by atoms with E-state index in [2.05, 4.69) is 5.32 Å². The van der Waals surface area contributed by atoms with E-state index in [-0.39, 0.29) is 6.04 Å². The summed E-state index contributed by atoms with van der Waals surface area (Å²) in [5.41, 5.74) is 4.94. The van der Waals surface area contributed by atoms with Crippen molar-refractivity contribution < 1.29 is 18.4 Å². The molecule has 0 saturated carbocycles. The van der Waals surface area contributed by atoms with Crippen molar-refractivity contribution in [1.29, 1.82) is 0 Å². The van der Waals surface area contributed by atoms with Crippen molar-refractivity contribution in [3.8, 4) is 0 Å². The van der Waals surface area contributed by atoms with Gasteiger partial charge in [-0.1, -0.05) is 0 Å².